The number of carbonyl (C=O) groups excluding carboxylic acids is 4. The van der Waals surface area contributed by atoms with Gasteiger partial charge in [-0.2, -0.15) is 0 Å². The first-order valence-electron chi connectivity index (χ1n) is 6.36. The van der Waals surface area contributed by atoms with Crippen molar-refractivity contribution in [2.24, 2.45) is 5.92 Å². The van der Waals surface area contributed by atoms with Gasteiger partial charge in [-0.3, -0.25) is 19.2 Å². The minimum absolute atomic E-state index is 0.154. The smallest absolute Gasteiger partial charge is 0.304 e. The van der Waals surface area contributed by atoms with Crippen LogP contribution >= 0.6 is 0 Å². The molecule has 21 heavy (non-hydrogen) atoms. The third kappa shape index (κ3) is 4.82. The highest BCUT2D eigenvalue weighted by Gasteiger charge is 2.48. The van der Waals surface area contributed by atoms with Gasteiger partial charge in [0.2, 0.25) is 6.29 Å². The Balaban J connectivity index is 3.03. The highest BCUT2D eigenvalue weighted by molar-refractivity contribution is 5.81. The lowest BCUT2D eigenvalue weighted by atomic mass is 9.91. The average molecular weight is 302 g/mol. The van der Waals surface area contributed by atoms with Crippen molar-refractivity contribution in [1.29, 1.82) is 0 Å². The Bertz CT molecular complexity index is 443. The fourth-order valence-electron chi connectivity index (χ4n) is 2.12. The van der Waals surface area contributed by atoms with Crippen LogP contribution in [0, 0.1) is 5.92 Å². The number of Topliss-reactive ketones (excluding diaryl/α,β-unsaturated/α-hetero) is 1. The van der Waals surface area contributed by atoms with E-state index < -0.39 is 48.1 Å². The third-order valence-corrected chi connectivity index (χ3v) is 2.81. The lowest BCUT2D eigenvalue weighted by Crippen LogP contribution is -2.55. The molecule has 0 radical (unpaired) electrons. The van der Waals surface area contributed by atoms with Crippen molar-refractivity contribution < 1.29 is 38.1 Å². The van der Waals surface area contributed by atoms with E-state index >= 15 is 0 Å². The van der Waals surface area contributed by atoms with E-state index in [1.807, 2.05) is 0 Å². The zero-order chi connectivity index (χ0) is 16.2. The van der Waals surface area contributed by atoms with Crippen molar-refractivity contribution in [1.82, 2.24) is 0 Å². The molecule has 0 saturated carbocycles. The molecular formula is C13H18O8. The summed E-state index contributed by atoms with van der Waals surface area (Å²) in [5, 5.41) is 0. The second-order valence-corrected chi connectivity index (χ2v) is 4.67. The van der Waals surface area contributed by atoms with E-state index in [4.69, 9.17) is 18.9 Å². The lowest BCUT2D eigenvalue weighted by Gasteiger charge is -2.39. The van der Waals surface area contributed by atoms with Gasteiger partial charge >= 0.3 is 17.9 Å². The summed E-state index contributed by atoms with van der Waals surface area (Å²) in [4.78, 5) is 45.2. The Morgan fingerprint density at radius 3 is 1.81 bits per heavy atom. The highest BCUT2D eigenvalue weighted by atomic mass is 16.7. The van der Waals surface area contributed by atoms with E-state index in [0.29, 0.717) is 0 Å². The summed E-state index contributed by atoms with van der Waals surface area (Å²) in [5.74, 6) is -3.36. The molecule has 4 atom stereocenters. The first-order valence-corrected chi connectivity index (χ1v) is 6.36. The van der Waals surface area contributed by atoms with Gasteiger partial charge in [-0.1, -0.05) is 0 Å². The van der Waals surface area contributed by atoms with Gasteiger partial charge in [0, 0.05) is 20.8 Å². The minimum Gasteiger partial charge on any atom is -0.457 e. The van der Waals surface area contributed by atoms with E-state index in [1.54, 1.807) is 0 Å². The van der Waals surface area contributed by atoms with E-state index in [9.17, 15) is 19.2 Å². The van der Waals surface area contributed by atoms with E-state index in [0.717, 1.165) is 0 Å². The predicted octanol–water partition coefficient (Wildman–Crippen LogP) is -0.0256. The SMILES string of the molecule is CC(=O)OC1COC(OC(C)=O)C(C(C)=O)C1OC(C)=O. The van der Waals surface area contributed by atoms with Crippen LogP contribution in [0.1, 0.15) is 27.7 Å². The molecule has 8 nitrogen and oxygen atoms in total. The molecule has 8 heteroatoms. The van der Waals surface area contributed by atoms with Crippen LogP contribution < -0.4 is 0 Å². The van der Waals surface area contributed by atoms with Gasteiger partial charge in [-0.05, 0) is 6.92 Å². The molecule has 1 fully saturated rings. The number of esters is 3. The van der Waals surface area contributed by atoms with Crippen LogP contribution in [0.3, 0.4) is 0 Å². The molecule has 0 aromatic rings. The van der Waals surface area contributed by atoms with Gasteiger partial charge in [-0.15, -0.1) is 0 Å². The van der Waals surface area contributed by atoms with Crippen molar-refractivity contribution in [3.05, 3.63) is 0 Å². The topological polar surface area (TPSA) is 105 Å². The monoisotopic (exact) mass is 302 g/mol. The van der Waals surface area contributed by atoms with Crippen molar-refractivity contribution in [2.45, 2.75) is 46.2 Å². The van der Waals surface area contributed by atoms with Gasteiger partial charge in [-0.25, -0.2) is 0 Å². The molecule has 1 heterocycles. The van der Waals surface area contributed by atoms with Gasteiger partial charge < -0.3 is 18.9 Å². The average Bonchev–Trinajstić information content (AvgIpc) is 2.30. The summed E-state index contributed by atoms with van der Waals surface area (Å²) in [6.07, 6.45) is -3.19. The Morgan fingerprint density at radius 2 is 1.38 bits per heavy atom. The molecule has 0 amide bonds. The lowest BCUT2D eigenvalue weighted by molar-refractivity contribution is -0.248. The van der Waals surface area contributed by atoms with Gasteiger partial charge in [0.25, 0.3) is 0 Å². The molecule has 0 N–H and O–H groups in total. The zero-order valence-electron chi connectivity index (χ0n) is 12.3. The van der Waals surface area contributed by atoms with Crippen LogP contribution in [0.25, 0.3) is 0 Å². The maximum atomic E-state index is 11.8. The third-order valence-electron chi connectivity index (χ3n) is 2.81. The molecule has 1 aliphatic rings. The number of carbonyl (C=O) groups is 4. The Kier molecular flexibility index (Phi) is 5.83. The van der Waals surface area contributed by atoms with Crippen molar-refractivity contribution in [2.75, 3.05) is 6.61 Å². The Morgan fingerprint density at radius 1 is 0.857 bits per heavy atom. The summed E-state index contributed by atoms with van der Waals surface area (Å²) in [6, 6.07) is 0. The van der Waals surface area contributed by atoms with Crippen LogP contribution in [0.4, 0.5) is 0 Å². The molecule has 118 valence electrons. The fourth-order valence-corrected chi connectivity index (χ4v) is 2.12. The quantitative estimate of drug-likeness (QED) is 0.527. The minimum atomic E-state index is -1.18. The van der Waals surface area contributed by atoms with Gasteiger partial charge in [0.15, 0.2) is 12.2 Å². The maximum absolute atomic E-state index is 11.8. The molecule has 0 spiro atoms. The number of ketones is 1. The molecule has 4 unspecified atom stereocenters. The van der Waals surface area contributed by atoms with Crippen molar-refractivity contribution in [3.63, 3.8) is 0 Å². The van der Waals surface area contributed by atoms with Crippen molar-refractivity contribution >= 4 is 23.7 Å². The summed E-state index contributed by atoms with van der Waals surface area (Å²) in [6.45, 7) is 4.61. The van der Waals surface area contributed by atoms with E-state index in [2.05, 4.69) is 0 Å². The summed E-state index contributed by atoms with van der Waals surface area (Å²) < 4.78 is 20.3. The van der Waals surface area contributed by atoms with Gasteiger partial charge in [0.1, 0.15) is 11.7 Å². The maximum Gasteiger partial charge on any atom is 0.304 e. The number of ether oxygens (including phenoxy) is 4. The predicted molar refractivity (Wildman–Crippen MR) is 66.8 cm³/mol. The molecular weight excluding hydrogens is 284 g/mol. The Labute approximate surface area is 121 Å². The number of hydrogen-bond acceptors (Lipinski definition) is 8. The highest BCUT2D eigenvalue weighted by Crippen LogP contribution is 2.28. The molecule has 0 aromatic carbocycles. The van der Waals surface area contributed by atoms with Crippen LogP contribution in [0.5, 0.6) is 0 Å². The first kappa shape index (κ1) is 17.1. The number of rotatable bonds is 4. The molecule has 1 saturated heterocycles. The second kappa shape index (κ2) is 7.16. The van der Waals surface area contributed by atoms with Crippen LogP contribution in [0.2, 0.25) is 0 Å². The summed E-state index contributed by atoms with van der Waals surface area (Å²) >= 11 is 0. The van der Waals surface area contributed by atoms with Crippen LogP contribution in [-0.2, 0) is 38.1 Å². The largest absolute Gasteiger partial charge is 0.457 e. The van der Waals surface area contributed by atoms with E-state index in [-0.39, 0.29) is 6.61 Å². The normalized spacial score (nSPS) is 28.4. The molecule has 1 aliphatic heterocycles. The summed E-state index contributed by atoms with van der Waals surface area (Å²) in [5.41, 5.74) is 0. The van der Waals surface area contributed by atoms with Gasteiger partial charge in [0.05, 0.1) is 6.61 Å². The molecule has 0 aliphatic carbocycles. The summed E-state index contributed by atoms with van der Waals surface area (Å²) in [7, 11) is 0. The molecule has 1 rings (SSSR count). The molecule has 0 aromatic heterocycles. The van der Waals surface area contributed by atoms with Crippen molar-refractivity contribution in [3.8, 4) is 0 Å². The van der Waals surface area contributed by atoms with Crippen LogP contribution in [0.15, 0.2) is 0 Å². The van der Waals surface area contributed by atoms with E-state index in [1.165, 1.54) is 27.7 Å². The molecule has 0 bridgehead atoms. The van der Waals surface area contributed by atoms with Crippen LogP contribution in [-0.4, -0.2) is 48.8 Å². The number of hydrogen-bond donors (Lipinski definition) is 0. The Hall–Kier alpha value is -1.96. The zero-order valence-corrected chi connectivity index (χ0v) is 12.3. The fraction of sp³-hybridized carbons (Fsp3) is 0.692. The first-order chi connectivity index (χ1) is 9.72. The standard InChI is InChI=1S/C13H18O8/c1-6(14)11-12(20-8(3)16)10(19-7(2)15)5-18-13(11)21-9(4)17/h10-13H,5H2,1-4H3. The second-order valence-electron chi connectivity index (χ2n) is 4.67.